The van der Waals surface area contributed by atoms with Crippen molar-refractivity contribution in [3.05, 3.63) is 0 Å². The van der Waals surface area contributed by atoms with Crippen LogP contribution in [0.5, 0.6) is 0 Å². The summed E-state index contributed by atoms with van der Waals surface area (Å²) in [6, 6.07) is -0.309. The molecule has 3 N–H and O–H groups in total. The molecular weight excluding hydrogens is 208 g/mol. The Morgan fingerprint density at radius 1 is 1.31 bits per heavy atom. The van der Waals surface area contributed by atoms with Gasteiger partial charge in [0.15, 0.2) is 0 Å². The van der Waals surface area contributed by atoms with E-state index in [-0.39, 0.29) is 25.2 Å². The van der Waals surface area contributed by atoms with Gasteiger partial charge in [0.25, 0.3) is 0 Å². The molecule has 1 amide bonds. The van der Waals surface area contributed by atoms with Crippen LogP contribution in [0, 0.1) is 0 Å². The van der Waals surface area contributed by atoms with Gasteiger partial charge in [0.2, 0.25) is 5.91 Å². The number of nitrogens with zero attached hydrogens (tertiary/aromatic N) is 1. The van der Waals surface area contributed by atoms with Crippen molar-refractivity contribution in [3.63, 3.8) is 0 Å². The maximum absolute atomic E-state index is 11.7. The molecule has 5 heteroatoms. The Balaban J connectivity index is 4.03. The summed E-state index contributed by atoms with van der Waals surface area (Å²) in [6.07, 6.45) is 2.02. The van der Waals surface area contributed by atoms with Crippen LogP contribution in [0.4, 0.5) is 0 Å². The molecule has 16 heavy (non-hydrogen) atoms. The predicted molar refractivity (Wildman–Crippen MR) is 63.1 cm³/mol. The maximum atomic E-state index is 11.7. The Hall–Kier alpha value is -0.650. The summed E-state index contributed by atoms with van der Waals surface area (Å²) in [6.45, 7) is 5.34. The van der Waals surface area contributed by atoms with Crippen molar-refractivity contribution in [2.45, 2.75) is 32.7 Å². The highest BCUT2D eigenvalue weighted by molar-refractivity contribution is 5.81. The molecule has 0 aromatic heterocycles. The number of aliphatic hydroxyl groups excluding tert-OH is 2. The molecule has 0 saturated carbocycles. The number of unbranched alkanes of at least 4 members (excludes halogenated alkanes) is 1. The van der Waals surface area contributed by atoms with E-state index in [0.717, 1.165) is 12.8 Å². The Labute approximate surface area is 97.4 Å². The van der Waals surface area contributed by atoms with Gasteiger partial charge in [-0.1, -0.05) is 13.3 Å². The van der Waals surface area contributed by atoms with E-state index in [9.17, 15) is 4.79 Å². The number of carbonyl (C=O) groups excluding carboxylic acids is 1. The van der Waals surface area contributed by atoms with E-state index in [1.54, 1.807) is 11.8 Å². The molecule has 5 nitrogen and oxygen atoms in total. The zero-order valence-corrected chi connectivity index (χ0v) is 10.3. The third-order valence-corrected chi connectivity index (χ3v) is 2.53. The minimum Gasteiger partial charge on any atom is -0.395 e. The Morgan fingerprint density at radius 3 is 2.31 bits per heavy atom. The predicted octanol–water partition coefficient (Wildman–Crippen LogP) is -0.422. The lowest BCUT2D eigenvalue weighted by molar-refractivity contribution is -0.126. The number of aliphatic hydroxyl groups is 2. The number of hydrogen-bond acceptors (Lipinski definition) is 4. The Bertz CT molecular complexity index is 182. The van der Waals surface area contributed by atoms with Crippen LogP contribution >= 0.6 is 0 Å². The standard InChI is InChI=1S/C11H24N2O3/c1-3-4-5-12-11(16)10(2)13(6-8-14)7-9-15/h10,14-15H,3-9H2,1-2H3,(H,12,16). The van der Waals surface area contributed by atoms with Crippen molar-refractivity contribution in [2.75, 3.05) is 32.8 Å². The molecule has 0 bridgehead atoms. The quantitative estimate of drug-likeness (QED) is 0.472. The van der Waals surface area contributed by atoms with Gasteiger partial charge in [0.05, 0.1) is 19.3 Å². The van der Waals surface area contributed by atoms with E-state index in [1.165, 1.54) is 0 Å². The third kappa shape index (κ3) is 6.05. The first kappa shape index (κ1) is 15.3. The minimum atomic E-state index is -0.309. The Kier molecular flexibility index (Phi) is 9.18. The van der Waals surface area contributed by atoms with Crippen molar-refractivity contribution in [1.82, 2.24) is 10.2 Å². The lowest BCUT2D eigenvalue weighted by Crippen LogP contribution is -2.47. The summed E-state index contributed by atoms with van der Waals surface area (Å²) in [5, 5.41) is 20.5. The lowest BCUT2D eigenvalue weighted by Gasteiger charge is -2.26. The summed E-state index contributed by atoms with van der Waals surface area (Å²) in [5.74, 6) is -0.0460. The fraction of sp³-hybridized carbons (Fsp3) is 0.909. The van der Waals surface area contributed by atoms with Crippen LogP contribution in [0.1, 0.15) is 26.7 Å². The van der Waals surface area contributed by atoms with E-state index in [1.807, 2.05) is 0 Å². The number of carbonyl (C=O) groups is 1. The van der Waals surface area contributed by atoms with Crippen molar-refractivity contribution < 1.29 is 15.0 Å². The van der Waals surface area contributed by atoms with Crippen LogP contribution < -0.4 is 5.32 Å². The van der Waals surface area contributed by atoms with Crippen LogP contribution in [0.3, 0.4) is 0 Å². The smallest absolute Gasteiger partial charge is 0.237 e. The molecule has 0 rings (SSSR count). The van der Waals surface area contributed by atoms with Gasteiger partial charge >= 0.3 is 0 Å². The van der Waals surface area contributed by atoms with Crippen molar-refractivity contribution in [1.29, 1.82) is 0 Å². The molecule has 0 aliphatic rings. The van der Waals surface area contributed by atoms with Gasteiger partial charge in [-0.15, -0.1) is 0 Å². The van der Waals surface area contributed by atoms with Gasteiger partial charge in [-0.05, 0) is 13.3 Å². The van der Waals surface area contributed by atoms with Gasteiger partial charge in [0.1, 0.15) is 0 Å². The number of nitrogens with one attached hydrogen (secondary N) is 1. The normalized spacial score (nSPS) is 12.8. The molecular formula is C11H24N2O3. The number of rotatable bonds is 9. The second-order valence-corrected chi connectivity index (χ2v) is 3.80. The largest absolute Gasteiger partial charge is 0.395 e. The summed E-state index contributed by atoms with van der Waals surface area (Å²) < 4.78 is 0. The SMILES string of the molecule is CCCCNC(=O)C(C)N(CCO)CCO. The average Bonchev–Trinajstić information content (AvgIpc) is 2.28. The first-order chi connectivity index (χ1) is 7.67. The van der Waals surface area contributed by atoms with E-state index in [4.69, 9.17) is 10.2 Å². The zero-order valence-electron chi connectivity index (χ0n) is 10.3. The molecule has 0 saturated heterocycles. The zero-order chi connectivity index (χ0) is 12.4. The molecule has 0 aliphatic heterocycles. The molecule has 1 unspecified atom stereocenters. The first-order valence-electron chi connectivity index (χ1n) is 5.90. The average molecular weight is 232 g/mol. The lowest BCUT2D eigenvalue weighted by atomic mass is 10.2. The molecule has 0 heterocycles. The summed E-state index contributed by atoms with van der Waals surface area (Å²) >= 11 is 0. The fourth-order valence-electron chi connectivity index (χ4n) is 1.46. The van der Waals surface area contributed by atoms with Gasteiger partial charge in [-0.2, -0.15) is 0 Å². The van der Waals surface area contributed by atoms with Crippen LogP contribution in [0.25, 0.3) is 0 Å². The van der Waals surface area contributed by atoms with Crippen molar-refractivity contribution in [3.8, 4) is 0 Å². The first-order valence-corrected chi connectivity index (χ1v) is 5.90. The highest BCUT2D eigenvalue weighted by Gasteiger charge is 2.19. The van der Waals surface area contributed by atoms with Crippen LogP contribution in [-0.4, -0.2) is 59.9 Å². The molecule has 96 valence electrons. The third-order valence-electron chi connectivity index (χ3n) is 2.53. The monoisotopic (exact) mass is 232 g/mol. The fourth-order valence-corrected chi connectivity index (χ4v) is 1.46. The molecule has 0 spiro atoms. The van der Waals surface area contributed by atoms with E-state index < -0.39 is 0 Å². The van der Waals surface area contributed by atoms with Gasteiger partial charge in [0, 0.05) is 19.6 Å². The van der Waals surface area contributed by atoms with E-state index in [2.05, 4.69) is 12.2 Å². The molecule has 1 atom stereocenters. The van der Waals surface area contributed by atoms with Crippen LogP contribution in [-0.2, 0) is 4.79 Å². The van der Waals surface area contributed by atoms with Crippen molar-refractivity contribution in [2.24, 2.45) is 0 Å². The number of amides is 1. The van der Waals surface area contributed by atoms with E-state index >= 15 is 0 Å². The highest BCUT2D eigenvalue weighted by Crippen LogP contribution is 1.98. The second-order valence-electron chi connectivity index (χ2n) is 3.80. The van der Waals surface area contributed by atoms with Gasteiger partial charge in [-0.3, -0.25) is 9.69 Å². The molecule has 0 aromatic rings. The van der Waals surface area contributed by atoms with E-state index in [0.29, 0.717) is 19.6 Å². The highest BCUT2D eigenvalue weighted by atomic mass is 16.3. The second kappa shape index (κ2) is 9.57. The van der Waals surface area contributed by atoms with Gasteiger partial charge < -0.3 is 15.5 Å². The number of hydrogen-bond donors (Lipinski definition) is 3. The summed E-state index contributed by atoms with van der Waals surface area (Å²) in [5.41, 5.74) is 0. The summed E-state index contributed by atoms with van der Waals surface area (Å²) in [4.78, 5) is 13.5. The molecule has 0 aromatic carbocycles. The maximum Gasteiger partial charge on any atom is 0.237 e. The molecule has 0 fully saturated rings. The summed E-state index contributed by atoms with van der Waals surface area (Å²) in [7, 11) is 0. The van der Waals surface area contributed by atoms with Crippen LogP contribution in [0.2, 0.25) is 0 Å². The molecule has 0 radical (unpaired) electrons. The van der Waals surface area contributed by atoms with Crippen molar-refractivity contribution >= 4 is 5.91 Å². The van der Waals surface area contributed by atoms with Gasteiger partial charge in [-0.25, -0.2) is 0 Å². The topological polar surface area (TPSA) is 72.8 Å². The Morgan fingerprint density at radius 2 is 1.88 bits per heavy atom. The molecule has 0 aliphatic carbocycles. The minimum absolute atomic E-state index is 0.00736. The van der Waals surface area contributed by atoms with Crippen LogP contribution in [0.15, 0.2) is 0 Å².